The number of hydrogen-bond donors (Lipinski definition) is 1. The number of rotatable bonds is 7. The molecule has 3 aromatic rings. The zero-order chi connectivity index (χ0) is 19.5. The average molecular weight is 396 g/mol. The van der Waals surface area contributed by atoms with Crippen LogP contribution in [0.15, 0.2) is 46.2 Å². The van der Waals surface area contributed by atoms with Gasteiger partial charge in [0.15, 0.2) is 0 Å². The number of hydrogen-bond acceptors (Lipinski definition) is 7. The molecule has 0 atom stereocenters. The van der Waals surface area contributed by atoms with Crippen LogP contribution in [0.3, 0.4) is 0 Å². The number of nitrogens with one attached hydrogen (secondary N) is 1. The highest BCUT2D eigenvalue weighted by molar-refractivity contribution is 7.13. The minimum absolute atomic E-state index is 0.129. The normalized spacial score (nSPS) is 13.1. The van der Waals surface area contributed by atoms with Gasteiger partial charge in [0, 0.05) is 13.0 Å². The second-order valence-electron chi connectivity index (χ2n) is 6.17. The topological polar surface area (TPSA) is 105 Å². The zero-order valence-electron chi connectivity index (χ0n) is 14.8. The maximum Gasteiger partial charge on any atom is 0.261 e. The zero-order valence-corrected chi connectivity index (χ0v) is 15.6. The third kappa shape index (κ3) is 3.56. The van der Waals surface area contributed by atoms with E-state index in [-0.39, 0.29) is 37.2 Å². The second-order valence-corrected chi connectivity index (χ2v) is 7.11. The Balaban J connectivity index is 1.24. The first-order valence-electron chi connectivity index (χ1n) is 8.71. The van der Waals surface area contributed by atoms with Gasteiger partial charge in [-0.1, -0.05) is 18.2 Å². The van der Waals surface area contributed by atoms with E-state index in [1.807, 2.05) is 17.5 Å². The minimum atomic E-state index is -0.312. The molecule has 1 aliphatic heterocycles. The Morgan fingerprint density at radius 1 is 1.07 bits per heavy atom. The van der Waals surface area contributed by atoms with Crippen molar-refractivity contribution in [1.29, 1.82) is 0 Å². The maximum absolute atomic E-state index is 12.3. The number of thiophene rings is 1. The van der Waals surface area contributed by atoms with Crippen LogP contribution in [0.4, 0.5) is 0 Å². The number of nitrogens with zero attached hydrogens (tertiary/aromatic N) is 3. The Morgan fingerprint density at radius 3 is 2.50 bits per heavy atom. The van der Waals surface area contributed by atoms with Crippen molar-refractivity contribution in [3.63, 3.8) is 0 Å². The standard InChI is InChI=1S/C19H16N4O4S/c24-15(20-11-16-21-22-17(27-16)14-7-4-10-28-14)8-3-9-23-18(25)12-5-1-2-6-13(12)19(23)26/h1-2,4-7,10H,3,8-9,11H2,(H,20,24). The molecule has 1 aromatic carbocycles. The lowest BCUT2D eigenvalue weighted by Crippen LogP contribution is -2.32. The summed E-state index contributed by atoms with van der Waals surface area (Å²) in [4.78, 5) is 38.6. The molecule has 3 amide bonds. The first-order valence-corrected chi connectivity index (χ1v) is 9.59. The van der Waals surface area contributed by atoms with Crippen LogP contribution in [-0.2, 0) is 11.3 Å². The van der Waals surface area contributed by atoms with Crippen LogP contribution in [0.1, 0.15) is 39.4 Å². The number of amides is 3. The third-order valence-electron chi connectivity index (χ3n) is 4.30. The van der Waals surface area contributed by atoms with Crippen molar-refractivity contribution in [2.24, 2.45) is 0 Å². The summed E-state index contributed by atoms with van der Waals surface area (Å²) in [7, 11) is 0. The largest absolute Gasteiger partial charge is 0.418 e. The van der Waals surface area contributed by atoms with E-state index < -0.39 is 0 Å². The first kappa shape index (κ1) is 18.1. The molecule has 1 aliphatic rings. The molecule has 0 aliphatic carbocycles. The summed E-state index contributed by atoms with van der Waals surface area (Å²) in [5.41, 5.74) is 0.824. The van der Waals surface area contributed by atoms with Gasteiger partial charge in [0.1, 0.15) is 0 Å². The summed E-state index contributed by atoms with van der Waals surface area (Å²) in [5, 5.41) is 12.5. The van der Waals surface area contributed by atoms with Crippen molar-refractivity contribution < 1.29 is 18.8 Å². The van der Waals surface area contributed by atoms with Gasteiger partial charge in [0.05, 0.1) is 22.5 Å². The van der Waals surface area contributed by atoms with Crippen molar-refractivity contribution in [2.75, 3.05) is 6.54 Å². The van der Waals surface area contributed by atoms with Crippen molar-refractivity contribution in [3.8, 4) is 10.8 Å². The number of carbonyl (C=O) groups is 3. The van der Waals surface area contributed by atoms with Crippen LogP contribution in [0.2, 0.25) is 0 Å². The van der Waals surface area contributed by atoms with Gasteiger partial charge in [-0.3, -0.25) is 19.3 Å². The molecular formula is C19H16N4O4S. The second kappa shape index (κ2) is 7.73. The first-order chi connectivity index (χ1) is 13.6. The van der Waals surface area contributed by atoms with Crippen LogP contribution in [0.5, 0.6) is 0 Å². The van der Waals surface area contributed by atoms with Gasteiger partial charge in [-0.05, 0) is 30.0 Å². The molecule has 1 N–H and O–H groups in total. The molecule has 0 saturated heterocycles. The van der Waals surface area contributed by atoms with Crippen LogP contribution in [0.25, 0.3) is 10.8 Å². The van der Waals surface area contributed by atoms with Crippen molar-refractivity contribution in [1.82, 2.24) is 20.4 Å². The van der Waals surface area contributed by atoms with E-state index in [0.29, 0.717) is 29.3 Å². The van der Waals surface area contributed by atoms with E-state index >= 15 is 0 Å². The average Bonchev–Trinajstić information content (AvgIpc) is 3.44. The molecule has 4 rings (SSSR count). The highest BCUT2D eigenvalue weighted by Gasteiger charge is 2.34. The van der Waals surface area contributed by atoms with Crippen LogP contribution < -0.4 is 5.32 Å². The quantitative estimate of drug-likeness (QED) is 0.615. The van der Waals surface area contributed by atoms with E-state index in [0.717, 1.165) is 4.88 Å². The Bertz CT molecular complexity index is 993. The Morgan fingerprint density at radius 2 is 1.82 bits per heavy atom. The van der Waals surface area contributed by atoms with Crippen molar-refractivity contribution >= 4 is 29.1 Å². The van der Waals surface area contributed by atoms with Crippen molar-refractivity contribution in [3.05, 3.63) is 58.8 Å². The monoisotopic (exact) mass is 396 g/mol. The number of fused-ring (bicyclic) bond motifs is 1. The molecule has 0 radical (unpaired) electrons. The van der Waals surface area contributed by atoms with Gasteiger partial charge in [0.2, 0.25) is 11.8 Å². The molecule has 3 heterocycles. The molecule has 0 saturated carbocycles. The summed E-state index contributed by atoms with van der Waals surface area (Å²) in [6.07, 6.45) is 0.556. The van der Waals surface area contributed by atoms with Gasteiger partial charge < -0.3 is 9.73 Å². The number of aromatic nitrogens is 2. The molecule has 0 spiro atoms. The predicted octanol–water partition coefficient (Wildman–Crippen LogP) is 2.49. The molecule has 0 fully saturated rings. The highest BCUT2D eigenvalue weighted by Crippen LogP contribution is 2.23. The van der Waals surface area contributed by atoms with Crippen LogP contribution in [0, 0.1) is 0 Å². The molecule has 9 heteroatoms. The van der Waals surface area contributed by atoms with Crippen molar-refractivity contribution in [2.45, 2.75) is 19.4 Å². The Hall–Kier alpha value is -3.33. The molecule has 142 valence electrons. The van der Waals surface area contributed by atoms with Gasteiger partial charge in [-0.2, -0.15) is 0 Å². The van der Waals surface area contributed by atoms with E-state index in [9.17, 15) is 14.4 Å². The Kier molecular flexibility index (Phi) is 4.98. The molecule has 28 heavy (non-hydrogen) atoms. The van der Waals surface area contributed by atoms with Gasteiger partial charge in [0.25, 0.3) is 17.7 Å². The summed E-state index contributed by atoms with van der Waals surface area (Å²) < 4.78 is 5.50. The summed E-state index contributed by atoms with van der Waals surface area (Å²) in [5.74, 6) is -0.101. The fraction of sp³-hybridized carbons (Fsp3) is 0.211. The lowest BCUT2D eigenvalue weighted by Gasteiger charge is -2.13. The number of imide groups is 1. The summed E-state index contributed by atoms with van der Waals surface area (Å²) in [6.45, 7) is 0.326. The van der Waals surface area contributed by atoms with E-state index in [1.54, 1.807) is 24.3 Å². The van der Waals surface area contributed by atoms with E-state index in [2.05, 4.69) is 15.5 Å². The highest BCUT2D eigenvalue weighted by atomic mass is 32.1. The molecule has 2 aromatic heterocycles. The molecule has 8 nitrogen and oxygen atoms in total. The number of carbonyl (C=O) groups excluding carboxylic acids is 3. The lowest BCUT2D eigenvalue weighted by molar-refractivity contribution is -0.121. The fourth-order valence-corrected chi connectivity index (χ4v) is 3.57. The Labute approximate surface area is 164 Å². The van der Waals surface area contributed by atoms with Gasteiger partial charge >= 0.3 is 0 Å². The molecule has 0 unspecified atom stereocenters. The van der Waals surface area contributed by atoms with Gasteiger partial charge in [-0.25, -0.2) is 0 Å². The van der Waals surface area contributed by atoms with E-state index in [1.165, 1.54) is 16.2 Å². The predicted molar refractivity (Wildman–Crippen MR) is 101 cm³/mol. The maximum atomic E-state index is 12.3. The molecule has 0 bridgehead atoms. The number of benzene rings is 1. The third-order valence-corrected chi connectivity index (χ3v) is 5.16. The summed E-state index contributed by atoms with van der Waals surface area (Å²) in [6, 6.07) is 10.5. The lowest BCUT2D eigenvalue weighted by atomic mass is 10.1. The van der Waals surface area contributed by atoms with Gasteiger partial charge in [-0.15, -0.1) is 21.5 Å². The van der Waals surface area contributed by atoms with Crippen LogP contribution >= 0.6 is 11.3 Å². The molecular weight excluding hydrogens is 380 g/mol. The fourth-order valence-electron chi connectivity index (χ4n) is 2.93. The minimum Gasteiger partial charge on any atom is -0.418 e. The smallest absolute Gasteiger partial charge is 0.261 e. The summed E-state index contributed by atoms with van der Waals surface area (Å²) >= 11 is 1.49. The van der Waals surface area contributed by atoms with E-state index in [4.69, 9.17) is 4.42 Å². The van der Waals surface area contributed by atoms with Crippen LogP contribution in [-0.4, -0.2) is 39.4 Å². The SMILES string of the molecule is O=C(CCCN1C(=O)c2ccccc2C1=O)NCc1nnc(-c2cccs2)o1.